The molecule has 1 rings (SSSR count). The summed E-state index contributed by atoms with van der Waals surface area (Å²) in [6, 6.07) is 0.165. The van der Waals surface area contributed by atoms with Crippen LogP contribution in [0.15, 0.2) is 0 Å². The maximum Gasteiger partial charge on any atom is 0.317 e. The Morgan fingerprint density at radius 1 is 1.53 bits per heavy atom. The molecule has 2 amide bonds. The zero-order valence-electron chi connectivity index (χ0n) is 9.19. The number of aliphatic carboxylic acids is 1. The van der Waals surface area contributed by atoms with Crippen molar-refractivity contribution in [2.75, 3.05) is 13.6 Å². The molecule has 1 unspecified atom stereocenters. The molecule has 1 aliphatic carbocycles. The van der Waals surface area contributed by atoms with E-state index in [0.29, 0.717) is 6.04 Å². The monoisotopic (exact) mass is 214 g/mol. The SMILES string of the molecule is CC(CNC(=O)N(C)C1CCC1)C(=O)O. The van der Waals surface area contributed by atoms with Gasteiger partial charge in [-0.05, 0) is 19.3 Å². The molecule has 5 heteroatoms. The van der Waals surface area contributed by atoms with E-state index in [1.165, 1.54) is 6.42 Å². The van der Waals surface area contributed by atoms with Gasteiger partial charge in [0.15, 0.2) is 0 Å². The predicted octanol–water partition coefficient (Wildman–Crippen LogP) is 0.901. The molecule has 0 aliphatic heterocycles. The summed E-state index contributed by atoms with van der Waals surface area (Å²) in [4.78, 5) is 23.7. The van der Waals surface area contributed by atoms with Crippen molar-refractivity contribution in [2.24, 2.45) is 5.92 Å². The summed E-state index contributed by atoms with van der Waals surface area (Å²) in [5.74, 6) is -1.43. The van der Waals surface area contributed by atoms with E-state index in [-0.39, 0.29) is 12.6 Å². The summed E-state index contributed by atoms with van der Waals surface area (Å²) < 4.78 is 0. The molecule has 15 heavy (non-hydrogen) atoms. The molecule has 0 aromatic carbocycles. The smallest absolute Gasteiger partial charge is 0.317 e. The number of carbonyl (C=O) groups excluding carboxylic acids is 1. The fourth-order valence-corrected chi connectivity index (χ4v) is 1.39. The van der Waals surface area contributed by atoms with Gasteiger partial charge in [-0.3, -0.25) is 4.79 Å². The van der Waals surface area contributed by atoms with Crippen molar-refractivity contribution >= 4 is 12.0 Å². The van der Waals surface area contributed by atoms with Crippen LogP contribution in [0.5, 0.6) is 0 Å². The fourth-order valence-electron chi connectivity index (χ4n) is 1.39. The Kier molecular flexibility index (Phi) is 3.94. The van der Waals surface area contributed by atoms with E-state index in [2.05, 4.69) is 5.32 Å². The summed E-state index contributed by atoms with van der Waals surface area (Å²) in [5.41, 5.74) is 0. The van der Waals surface area contributed by atoms with Crippen LogP contribution in [0.1, 0.15) is 26.2 Å². The third-order valence-corrected chi connectivity index (χ3v) is 2.92. The van der Waals surface area contributed by atoms with E-state index in [0.717, 1.165) is 12.8 Å². The van der Waals surface area contributed by atoms with E-state index in [4.69, 9.17) is 5.11 Å². The van der Waals surface area contributed by atoms with E-state index in [1.807, 2.05) is 0 Å². The first-order valence-corrected chi connectivity index (χ1v) is 5.26. The molecule has 0 heterocycles. The quantitative estimate of drug-likeness (QED) is 0.730. The van der Waals surface area contributed by atoms with Crippen molar-refractivity contribution in [2.45, 2.75) is 32.2 Å². The van der Waals surface area contributed by atoms with Gasteiger partial charge < -0.3 is 15.3 Å². The van der Waals surface area contributed by atoms with E-state index in [1.54, 1.807) is 18.9 Å². The van der Waals surface area contributed by atoms with Crippen LogP contribution in [-0.2, 0) is 4.79 Å². The van der Waals surface area contributed by atoms with Crippen LogP contribution in [0.25, 0.3) is 0 Å². The first-order chi connectivity index (χ1) is 7.02. The molecule has 0 radical (unpaired) electrons. The molecule has 0 spiro atoms. The van der Waals surface area contributed by atoms with Crippen molar-refractivity contribution < 1.29 is 14.7 Å². The van der Waals surface area contributed by atoms with Gasteiger partial charge in [0.25, 0.3) is 0 Å². The number of amides is 2. The Bertz CT molecular complexity index is 251. The van der Waals surface area contributed by atoms with Crippen LogP contribution < -0.4 is 5.32 Å². The van der Waals surface area contributed by atoms with Crippen molar-refractivity contribution in [1.82, 2.24) is 10.2 Å². The minimum absolute atomic E-state index is 0.173. The highest BCUT2D eigenvalue weighted by Gasteiger charge is 2.25. The summed E-state index contributed by atoms with van der Waals surface area (Å²) in [5, 5.41) is 11.3. The van der Waals surface area contributed by atoms with Crippen LogP contribution in [0.4, 0.5) is 4.79 Å². The van der Waals surface area contributed by atoms with Gasteiger partial charge in [0.05, 0.1) is 5.92 Å². The second-order valence-electron chi connectivity index (χ2n) is 4.12. The number of carboxylic acids is 1. The number of hydrogen-bond donors (Lipinski definition) is 2. The molecule has 1 fully saturated rings. The standard InChI is InChI=1S/C10H18N2O3/c1-7(9(13)14)6-11-10(15)12(2)8-4-3-5-8/h7-8H,3-6H2,1-2H3,(H,11,15)(H,13,14). The first kappa shape index (κ1) is 11.8. The highest BCUT2D eigenvalue weighted by Crippen LogP contribution is 2.23. The van der Waals surface area contributed by atoms with Gasteiger partial charge in [-0.2, -0.15) is 0 Å². The van der Waals surface area contributed by atoms with Gasteiger partial charge in [-0.25, -0.2) is 4.79 Å². The molecule has 5 nitrogen and oxygen atoms in total. The highest BCUT2D eigenvalue weighted by molar-refractivity contribution is 5.76. The van der Waals surface area contributed by atoms with Crippen LogP contribution in [0.2, 0.25) is 0 Å². The molecule has 0 bridgehead atoms. The zero-order valence-corrected chi connectivity index (χ0v) is 9.19. The summed E-state index contributed by atoms with van der Waals surface area (Å²) in [7, 11) is 1.75. The zero-order chi connectivity index (χ0) is 11.4. The van der Waals surface area contributed by atoms with Crippen LogP contribution >= 0.6 is 0 Å². The van der Waals surface area contributed by atoms with E-state index < -0.39 is 11.9 Å². The number of carbonyl (C=O) groups is 2. The van der Waals surface area contributed by atoms with Crippen LogP contribution in [0, 0.1) is 5.92 Å². The average Bonchev–Trinajstić information content (AvgIpc) is 2.10. The summed E-state index contributed by atoms with van der Waals surface area (Å²) in [6.07, 6.45) is 3.28. The number of urea groups is 1. The second-order valence-corrected chi connectivity index (χ2v) is 4.12. The second kappa shape index (κ2) is 5.00. The molecule has 1 aliphatic rings. The third kappa shape index (κ3) is 3.11. The first-order valence-electron chi connectivity index (χ1n) is 5.26. The van der Waals surface area contributed by atoms with Crippen LogP contribution in [0.3, 0.4) is 0 Å². The molecule has 0 aromatic heterocycles. The Balaban J connectivity index is 2.25. The topological polar surface area (TPSA) is 69.6 Å². The van der Waals surface area contributed by atoms with Gasteiger partial charge in [0.1, 0.15) is 0 Å². The van der Waals surface area contributed by atoms with Crippen molar-refractivity contribution in [1.29, 1.82) is 0 Å². The lowest BCUT2D eigenvalue weighted by molar-refractivity contribution is -0.140. The maximum atomic E-state index is 11.5. The lowest BCUT2D eigenvalue weighted by Gasteiger charge is -2.34. The van der Waals surface area contributed by atoms with Gasteiger partial charge in [-0.15, -0.1) is 0 Å². The van der Waals surface area contributed by atoms with Gasteiger partial charge >= 0.3 is 12.0 Å². The lowest BCUT2D eigenvalue weighted by atomic mass is 9.92. The number of rotatable bonds is 4. The molecule has 2 N–H and O–H groups in total. The summed E-state index contributed by atoms with van der Waals surface area (Å²) >= 11 is 0. The third-order valence-electron chi connectivity index (χ3n) is 2.92. The van der Waals surface area contributed by atoms with Gasteiger partial charge in [0, 0.05) is 19.6 Å². The van der Waals surface area contributed by atoms with Crippen LogP contribution in [-0.4, -0.2) is 41.6 Å². The molecular weight excluding hydrogens is 196 g/mol. The Morgan fingerprint density at radius 3 is 2.53 bits per heavy atom. The van der Waals surface area contributed by atoms with Crippen molar-refractivity contribution in [3.05, 3.63) is 0 Å². The minimum atomic E-state index is -0.887. The molecule has 0 saturated heterocycles. The number of hydrogen-bond acceptors (Lipinski definition) is 2. The predicted molar refractivity (Wildman–Crippen MR) is 55.6 cm³/mol. The molecule has 1 saturated carbocycles. The average molecular weight is 214 g/mol. The Labute approximate surface area is 89.4 Å². The summed E-state index contributed by atoms with van der Waals surface area (Å²) in [6.45, 7) is 1.76. The lowest BCUT2D eigenvalue weighted by Crippen LogP contribution is -2.47. The fraction of sp³-hybridized carbons (Fsp3) is 0.800. The minimum Gasteiger partial charge on any atom is -0.481 e. The van der Waals surface area contributed by atoms with Crippen molar-refractivity contribution in [3.8, 4) is 0 Å². The van der Waals surface area contributed by atoms with E-state index >= 15 is 0 Å². The normalized spacial score (nSPS) is 17.7. The van der Waals surface area contributed by atoms with Gasteiger partial charge in [-0.1, -0.05) is 6.92 Å². The molecule has 1 atom stereocenters. The number of nitrogens with one attached hydrogen (secondary N) is 1. The largest absolute Gasteiger partial charge is 0.481 e. The number of carboxylic acid groups (broad SMARTS) is 1. The van der Waals surface area contributed by atoms with Crippen molar-refractivity contribution in [3.63, 3.8) is 0 Å². The number of nitrogens with zero attached hydrogens (tertiary/aromatic N) is 1. The molecule has 86 valence electrons. The Morgan fingerprint density at radius 2 is 2.13 bits per heavy atom. The highest BCUT2D eigenvalue weighted by atomic mass is 16.4. The molecule has 0 aromatic rings. The Hall–Kier alpha value is -1.26. The maximum absolute atomic E-state index is 11.5. The van der Waals surface area contributed by atoms with E-state index in [9.17, 15) is 9.59 Å². The van der Waals surface area contributed by atoms with Gasteiger partial charge in [0.2, 0.25) is 0 Å². The molecular formula is C10H18N2O3.